The van der Waals surface area contributed by atoms with Crippen LogP contribution in [0.4, 0.5) is 13.2 Å². The molecule has 0 spiro atoms. The van der Waals surface area contributed by atoms with Gasteiger partial charge < -0.3 is 14.0 Å². The van der Waals surface area contributed by atoms with Crippen LogP contribution in [0.1, 0.15) is 47.2 Å². The molecular weight excluding hydrogens is 613 g/mol. The highest BCUT2D eigenvalue weighted by Crippen LogP contribution is 2.45. The van der Waals surface area contributed by atoms with Crippen LogP contribution in [-0.2, 0) is 31.1 Å². The van der Waals surface area contributed by atoms with Crippen molar-refractivity contribution in [3.8, 4) is 28.7 Å². The highest BCUT2D eigenvalue weighted by Gasteiger charge is 2.35. The van der Waals surface area contributed by atoms with E-state index in [0.717, 1.165) is 42.0 Å². The summed E-state index contributed by atoms with van der Waals surface area (Å²) in [6.45, 7) is 9.64. The van der Waals surface area contributed by atoms with Gasteiger partial charge in [0.2, 0.25) is 5.88 Å². The van der Waals surface area contributed by atoms with Crippen molar-refractivity contribution in [1.29, 1.82) is 0 Å². The maximum Gasteiger partial charge on any atom is 0.434 e. The number of rotatable bonds is 11. The Kier molecular flexibility index (Phi) is 8.44. The predicted octanol–water partition coefficient (Wildman–Crippen LogP) is 6.80. The Morgan fingerprint density at radius 1 is 1.02 bits per heavy atom. The zero-order valence-corrected chi connectivity index (χ0v) is 27.8. The monoisotopic (exact) mass is 650 g/mol. The Bertz CT molecular complexity index is 1880. The minimum Gasteiger partial charge on any atom is -0.480 e. The first-order valence-electron chi connectivity index (χ1n) is 15.2. The Morgan fingerprint density at radius 3 is 2.39 bits per heavy atom. The lowest BCUT2D eigenvalue weighted by molar-refractivity contribution is -0.140. The molecule has 0 N–H and O–H groups in total. The van der Waals surface area contributed by atoms with Gasteiger partial charge in [-0.05, 0) is 31.4 Å². The van der Waals surface area contributed by atoms with E-state index in [1.54, 1.807) is 32.5 Å². The number of imidazole rings is 1. The lowest BCUT2D eigenvalue weighted by Gasteiger charge is -2.16. The van der Waals surface area contributed by atoms with Gasteiger partial charge in [-0.2, -0.15) is 23.3 Å². The van der Waals surface area contributed by atoms with E-state index >= 15 is 0 Å². The Balaban J connectivity index is 1.37. The van der Waals surface area contributed by atoms with Gasteiger partial charge in [-0.3, -0.25) is 0 Å². The third-order valence-corrected chi connectivity index (χ3v) is 9.64. The number of hydrogen-bond acceptors (Lipinski definition) is 8. The van der Waals surface area contributed by atoms with Gasteiger partial charge in [-0.15, -0.1) is 0 Å². The largest absolute Gasteiger partial charge is 0.480 e. The van der Waals surface area contributed by atoms with Crippen molar-refractivity contribution in [3.63, 3.8) is 0 Å². The summed E-state index contributed by atoms with van der Waals surface area (Å²) in [7, 11) is 1.85. The molecule has 0 radical (unpaired) electrons. The van der Waals surface area contributed by atoms with Crippen molar-refractivity contribution in [3.05, 3.63) is 65.1 Å². The number of nitrogens with zero attached hydrogens (tertiary/aromatic N) is 8. The lowest BCUT2D eigenvalue weighted by atomic mass is 10.1. The van der Waals surface area contributed by atoms with Gasteiger partial charge in [-0.25, -0.2) is 24.6 Å². The Labute approximate surface area is 266 Å². The van der Waals surface area contributed by atoms with Crippen molar-refractivity contribution < 1.29 is 22.6 Å². The fourth-order valence-electron chi connectivity index (χ4n) is 5.32. The molecule has 0 bridgehead atoms. The molecule has 1 aromatic carbocycles. The third kappa shape index (κ3) is 6.82. The molecule has 242 valence electrons. The minimum atomic E-state index is -4.51. The van der Waals surface area contributed by atoms with Crippen LogP contribution in [0.2, 0.25) is 25.7 Å². The number of methoxy groups -OCH3 is 1. The van der Waals surface area contributed by atoms with Crippen molar-refractivity contribution in [2.45, 2.75) is 70.7 Å². The number of aromatic nitrogens is 8. The third-order valence-electron chi connectivity index (χ3n) is 7.94. The molecule has 0 aliphatic heterocycles. The highest BCUT2D eigenvalue weighted by molar-refractivity contribution is 6.76. The smallest absolute Gasteiger partial charge is 0.434 e. The molecule has 1 fully saturated rings. The van der Waals surface area contributed by atoms with Crippen molar-refractivity contribution in [2.75, 3.05) is 13.7 Å². The second-order valence-electron chi connectivity index (χ2n) is 13.0. The van der Waals surface area contributed by atoms with E-state index in [0.29, 0.717) is 58.6 Å². The molecular formula is C32H37F3N8O2Si. The summed E-state index contributed by atoms with van der Waals surface area (Å²) >= 11 is 0. The molecule has 10 nitrogen and oxygen atoms in total. The van der Waals surface area contributed by atoms with Crippen molar-refractivity contribution >= 4 is 19.1 Å². The van der Waals surface area contributed by atoms with Crippen LogP contribution < -0.4 is 4.74 Å². The summed E-state index contributed by atoms with van der Waals surface area (Å²) in [5.74, 6) is 2.10. The van der Waals surface area contributed by atoms with E-state index in [1.807, 2.05) is 23.7 Å². The summed E-state index contributed by atoms with van der Waals surface area (Å²) in [6.07, 6.45) is 0.725. The zero-order chi connectivity index (χ0) is 32.8. The van der Waals surface area contributed by atoms with Gasteiger partial charge in [-0.1, -0.05) is 43.9 Å². The van der Waals surface area contributed by atoms with Gasteiger partial charge in [0.05, 0.1) is 24.7 Å². The normalized spacial score (nSPS) is 13.9. The van der Waals surface area contributed by atoms with Crippen LogP contribution in [0, 0.1) is 6.92 Å². The fraction of sp³-hybridized carbons (Fsp3) is 0.438. The highest BCUT2D eigenvalue weighted by atomic mass is 28.3. The summed E-state index contributed by atoms with van der Waals surface area (Å²) in [5, 5.41) is 4.80. The summed E-state index contributed by atoms with van der Waals surface area (Å²) in [6, 6.07) is 8.35. The zero-order valence-electron chi connectivity index (χ0n) is 26.8. The molecule has 0 unspecified atom stereocenters. The topological polar surface area (TPSA) is 106 Å². The molecule has 6 rings (SSSR count). The Hall–Kier alpha value is -4.17. The van der Waals surface area contributed by atoms with Crippen LogP contribution in [0.25, 0.3) is 33.8 Å². The van der Waals surface area contributed by atoms with Crippen molar-refractivity contribution in [1.82, 2.24) is 39.3 Å². The van der Waals surface area contributed by atoms with Crippen LogP contribution in [0.15, 0.2) is 36.7 Å². The van der Waals surface area contributed by atoms with Crippen LogP contribution >= 0.6 is 0 Å². The van der Waals surface area contributed by atoms with Gasteiger partial charge in [0.25, 0.3) is 0 Å². The van der Waals surface area contributed by atoms with Crippen molar-refractivity contribution in [2.24, 2.45) is 7.05 Å². The summed E-state index contributed by atoms with van der Waals surface area (Å²) < 4.78 is 54.7. The minimum absolute atomic E-state index is 0.239. The molecule has 1 aliphatic carbocycles. The second-order valence-corrected chi connectivity index (χ2v) is 18.6. The maximum atomic E-state index is 13.3. The average Bonchev–Trinajstić information content (AvgIpc) is 3.69. The number of benzene rings is 1. The molecule has 1 saturated carbocycles. The maximum absolute atomic E-state index is 13.3. The molecule has 0 amide bonds. The lowest BCUT2D eigenvalue weighted by Crippen LogP contribution is -2.22. The summed E-state index contributed by atoms with van der Waals surface area (Å²) in [5.41, 5.74) is 4.30. The van der Waals surface area contributed by atoms with E-state index in [2.05, 4.69) is 34.6 Å². The SMILES string of the molecule is COc1nc(C)nc(C2CC2)c1-c1ncc2nn(COCC[Si](C)(C)C)c(Cc3ccc(-c4nc(C(F)(F)F)cn4C)cc3)c2n1. The molecule has 5 aromatic rings. The van der Waals surface area contributed by atoms with E-state index < -0.39 is 19.9 Å². The number of alkyl halides is 3. The number of hydrogen-bond donors (Lipinski definition) is 0. The molecule has 46 heavy (non-hydrogen) atoms. The second kappa shape index (κ2) is 12.2. The molecule has 4 aromatic heterocycles. The van der Waals surface area contributed by atoms with Crippen LogP contribution in [0.3, 0.4) is 0 Å². The average molecular weight is 651 g/mol. The number of fused-ring (bicyclic) bond motifs is 1. The Morgan fingerprint density at radius 2 is 1.76 bits per heavy atom. The van der Waals surface area contributed by atoms with E-state index in [9.17, 15) is 13.2 Å². The van der Waals surface area contributed by atoms with E-state index in [-0.39, 0.29) is 12.6 Å². The molecule has 0 saturated heterocycles. The van der Waals surface area contributed by atoms with E-state index in [4.69, 9.17) is 24.5 Å². The van der Waals surface area contributed by atoms with Gasteiger partial charge in [0, 0.05) is 45.8 Å². The predicted molar refractivity (Wildman–Crippen MR) is 170 cm³/mol. The molecule has 1 aliphatic rings. The first kappa shape index (κ1) is 31.8. The fourth-order valence-corrected chi connectivity index (χ4v) is 6.08. The van der Waals surface area contributed by atoms with Gasteiger partial charge in [0.15, 0.2) is 11.5 Å². The molecule has 14 heteroatoms. The van der Waals surface area contributed by atoms with Gasteiger partial charge >= 0.3 is 6.18 Å². The van der Waals surface area contributed by atoms with Crippen LogP contribution in [-0.4, -0.2) is 61.1 Å². The quantitative estimate of drug-likeness (QED) is 0.114. The van der Waals surface area contributed by atoms with Crippen LogP contribution in [0.5, 0.6) is 5.88 Å². The first-order chi connectivity index (χ1) is 21.8. The standard InChI is InChI=1S/C32H37F3N8O2Si/c1-19-37-27(21-11-12-21)26(31(38-19)44-3)29-36-16-23-28(40-29)24(43(41-23)18-45-13-14-46(4,5)6)15-20-7-9-22(10-8-20)30-39-25(17-42(30)2)32(33,34)35/h7-10,16-17,21H,11-15,18H2,1-6H3. The van der Waals surface area contributed by atoms with Gasteiger partial charge in [0.1, 0.15) is 35.0 Å². The number of halogens is 3. The first-order valence-corrected chi connectivity index (χ1v) is 18.9. The number of aryl methyl sites for hydroxylation is 2. The van der Waals surface area contributed by atoms with E-state index in [1.165, 1.54) is 4.57 Å². The molecule has 4 heterocycles. The molecule has 0 atom stereocenters. The summed E-state index contributed by atoms with van der Waals surface area (Å²) in [4.78, 5) is 22.8. The number of ether oxygens (including phenoxy) is 2.